The number of likely N-dealkylation sites (tertiary alicyclic amines) is 1. The fourth-order valence-corrected chi connectivity index (χ4v) is 6.72. The summed E-state index contributed by atoms with van der Waals surface area (Å²) in [5.41, 5.74) is 4.46. The van der Waals surface area contributed by atoms with Crippen molar-refractivity contribution in [2.75, 3.05) is 19.8 Å². The van der Waals surface area contributed by atoms with E-state index >= 15 is 0 Å². The van der Waals surface area contributed by atoms with Crippen LogP contribution in [-0.4, -0.2) is 63.4 Å². The van der Waals surface area contributed by atoms with Crippen molar-refractivity contribution in [3.05, 3.63) is 96.3 Å². The third-order valence-electron chi connectivity index (χ3n) is 9.79. The molecule has 1 aromatic heterocycles. The molecule has 280 valence electrons. The molecule has 0 radical (unpaired) electrons. The van der Waals surface area contributed by atoms with Crippen LogP contribution in [0.15, 0.2) is 85.2 Å². The third-order valence-corrected chi connectivity index (χ3v) is 9.79. The molecule has 0 aliphatic carbocycles. The first-order valence-corrected chi connectivity index (χ1v) is 19.3. The second-order valence-electron chi connectivity index (χ2n) is 14.0. The summed E-state index contributed by atoms with van der Waals surface area (Å²) in [4.78, 5) is 49.8. The van der Waals surface area contributed by atoms with Crippen LogP contribution >= 0.6 is 0 Å². The quantitative estimate of drug-likeness (QED) is 0.0850. The number of nitrogens with zero attached hydrogens (tertiary/aromatic N) is 3. The van der Waals surface area contributed by atoms with Crippen molar-refractivity contribution in [1.29, 1.82) is 0 Å². The number of carbonyl (C=O) groups excluding carboxylic acids is 2. The van der Waals surface area contributed by atoms with E-state index in [-0.39, 0.29) is 24.5 Å². The number of rotatable bonds is 21. The molecule has 1 fully saturated rings. The zero-order chi connectivity index (χ0) is 37.4. The first kappa shape index (κ1) is 39.2. The summed E-state index contributed by atoms with van der Waals surface area (Å²) in [5.74, 6) is 0.160. The fourth-order valence-electron chi connectivity index (χ4n) is 6.72. The topological polar surface area (TPSA) is 119 Å². The molecule has 0 spiro atoms. The Morgan fingerprint density at radius 3 is 1.96 bits per heavy atom. The van der Waals surface area contributed by atoms with Crippen LogP contribution < -0.4 is 9.47 Å². The van der Waals surface area contributed by atoms with Gasteiger partial charge in [-0.3, -0.25) is 9.59 Å². The lowest BCUT2D eigenvalue weighted by molar-refractivity contribution is -0.150. The van der Waals surface area contributed by atoms with Gasteiger partial charge in [0, 0.05) is 48.8 Å². The first-order chi connectivity index (χ1) is 25.8. The Labute approximate surface area is 313 Å². The minimum absolute atomic E-state index is 0.0227. The minimum atomic E-state index is -1.01. The standard InChI is InChI=1S/C44H53N3O6/c1-3-5-7-8-9-26-53-40-22-18-34(19-23-40)37-30-45-42(46-31-37)35-16-12-32(13-17-35)27-36(43(49)47-24-10-11-41(47)44(50)51)29-38(48)28-33-14-20-39(21-15-33)52-25-6-4-2/h12-23,30-31,36,41H,3-11,24-29H2,1-2H3,(H,50,51)/t36-,41+/m1/s1. The molecule has 4 aromatic rings. The van der Waals surface area contributed by atoms with Gasteiger partial charge in [-0.2, -0.15) is 0 Å². The van der Waals surface area contributed by atoms with Crippen LogP contribution in [0.1, 0.15) is 89.2 Å². The van der Waals surface area contributed by atoms with Crippen molar-refractivity contribution >= 4 is 17.7 Å². The number of carboxylic acids is 1. The van der Waals surface area contributed by atoms with Gasteiger partial charge in [-0.05, 0) is 73.1 Å². The summed E-state index contributed by atoms with van der Waals surface area (Å²) in [6.07, 6.45) is 13.2. The number of hydrogen-bond acceptors (Lipinski definition) is 7. The van der Waals surface area contributed by atoms with Crippen molar-refractivity contribution in [2.24, 2.45) is 5.92 Å². The fraction of sp³-hybridized carbons (Fsp3) is 0.432. The van der Waals surface area contributed by atoms with E-state index in [1.165, 1.54) is 30.6 Å². The van der Waals surface area contributed by atoms with E-state index < -0.39 is 17.9 Å². The van der Waals surface area contributed by atoms with Gasteiger partial charge in [-0.1, -0.05) is 94.5 Å². The molecule has 2 heterocycles. The molecule has 1 aliphatic heterocycles. The molecular formula is C44H53N3O6. The molecule has 3 aromatic carbocycles. The molecule has 2 atom stereocenters. The average Bonchev–Trinajstić information content (AvgIpc) is 3.68. The maximum atomic E-state index is 13.8. The Morgan fingerprint density at radius 1 is 0.736 bits per heavy atom. The van der Waals surface area contributed by atoms with Crippen molar-refractivity contribution in [2.45, 2.75) is 96.9 Å². The monoisotopic (exact) mass is 719 g/mol. The number of amides is 1. The van der Waals surface area contributed by atoms with E-state index in [0.717, 1.165) is 65.2 Å². The lowest BCUT2D eigenvalue weighted by atomic mass is 9.90. The zero-order valence-electron chi connectivity index (χ0n) is 31.2. The maximum Gasteiger partial charge on any atom is 0.326 e. The highest BCUT2D eigenvalue weighted by molar-refractivity contribution is 5.90. The second kappa shape index (κ2) is 20.3. The molecule has 0 bridgehead atoms. The molecule has 0 unspecified atom stereocenters. The lowest BCUT2D eigenvalue weighted by Crippen LogP contribution is -2.44. The van der Waals surface area contributed by atoms with Crippen LogP contribution in [0.5, 0.6) is 11.5 Å². The highest BCUT2D eigenvalue weighted by Gasteiger charge is 2.37. The Bertz CT molecular complexity index is 1740. The number of benzene rings is 3. The highest BCUT2D eigenvalue weighted by Crippen LogP contribution is 2.27. The van der Waals surface area contributed by atoms with Crippen molar-refractivity contribution in [3.8, 4) is 34.0 Å². The molecule has 9 heteroatoms. The Kier molecular flexibility index (Phi) is 15.0. The summed E-state index contributed by atoms with van der Waals surface area (Å²) in [5, 5.41) is 9.77. The van der Waals surface area contributed by atoms with Gasteiger partial charge in [0.15, 0.2) is 5.82 Å². The van der Waals surface area contributed by atoms with Crippen molar-refractivity contribution < 1.29 is 29.0 Å². The lowest BCUT2D eigenvalue weighted by Gasteiger charge is -2.26. The Hall–Kier alpha value is -5.05. The van der Waals surface area contributed by atoms with E-state index in [0.29, 0.717) is 38.2 Å². The van der Waals surface area contributed by atoms with Crippen LogP contribution in [0, 0.1) is 5.92 Å². The summed E-state index contributed by atoms with van der Waals surface area (Å²) < 4.78 is 11.6. The van der Waals surface area contributed by atoms with Gasteiger partial charge in [-0.15, -0.1) is 0 Å². The molecule has 0 saturated carbocycles. The van der Waals surface area contributed by atoms with Crippen LogP contribution in [0.25, 0.3) is 22.5 Å². The number of aromatic nitrogens is 2. The number of unbranched alkanes of at least 4 members (excludes halogenated alkanes) is 5. The van der Waals surface area contributed by atoms with Crippen molar-refractivity contribution in [1.82, 2.24) is 14.9 Å². The average molecular weight is 720 g/mol. The SMILES string of the molecule is CCCCCCCOc1ccc(-c2cnc(-c3ccc(C[C@H](CC(=O)Cc4ccc(OCCCC)cc4)C(=O)N4CCC[C@H]4C(=O)O)cc3)nc2)cc1. The van der Waals surface area contributed by atoms with Crippen molar-refractivity contribution in [3.63, 3.8) is 0 Å². The van der Waals surface area contributed by atoms with E-state index in [1.54, 1.807) is 0 Å². The first-order valence-electron chi connectivity index (χ1n) is 19.3. The molecule has 9 nitrogen and oxygen atoms in total. The number of aliphatic carboxylic acids is 1. The molecule has 1 aliphatic rings. The van der Waals surface area contributed by atoms with E-state index in [1.807, 2.05) is 85.2 Å². The van der Waals surface area contributed by atoms with Gasteiger partial charge < -0.3 is 19.5 Å². The predicted molar refractivity (Wildman–Crippen MR) is 207 cm³/mol. The summed E-state index contributed by atoms with van der Waals surface area (Å²) in [7, 11) is 0. The normalized spacial score (nSPS) is 14.5. The van der Waals surface area contributed by atoms with Crippen LogP contribution in [0.2, 0.25) is 0 Å². The summed E-state index contributed by atoms with van der Waals surface area (Å²) >= 11 is 0. The summed E-state index contributed by atoms with van der Waals surface area (Å²) in [6.45, 7) is 6.08. The Balaban J connectivity index is 1.21. The Morgan fingerprint density at radius 2 is 1.32 bits per heavy atom. The van der Waals surface area contributed by atoms with E-state index in [2.05, 4.69) is 23.8 Å². The van der Waals surface area contributed by atoms with Gasteiger partial charge in [0.05, 0.1) is 13.2 Å². The molecule has 5 rings (SSSR count). The van der Waals surface area contributed by atoms with Crippen LogP contribution in [0.4, 0.5) is 0 Å². The smallest absolute Gasteiger partial charge is 0.326 e. The van der Waals surface area contributed by atoms with Gasteiger partial charge in [0.1, 0.15) is 23.3 Å². The molecule has 1 amide bonds. The number of ketones is 1. The van der Waals surface area contributed by atoms with Gasteiger partial charge in [-0.25, -0.2) is 14.8 Å². The van der Waals surface area contributed by atoms with Crippen LogP contribution in [-0.2, 0) is 27.2 Å². The van der Waals surface area contributed by atoms with Gasteiger partial charge >= 0.3 is 5.97 Å². The maximum absolute atomic E-state index is 13.8. The predicted octanol–water partition coefficient (Wildman–Crippen LogP) is 8.77. The number of carbonyl (C=O) groups is 3. The van der Waals surface area contributed by atoms with Crippen LogP contribution in [0.3, 0.4) is 0 Å². The minimum Gasteiger partial charge on any atom is -0.494 e. The number of ether oxygens (including phenoxy) is 2. The number of carboxylic acid groups (broad SMARTS) is 1. The molecule has 1 N–H and O–H groups in total. The zero-order valence-corrected chi connectivity index (χ0v) is 31.2. The largest absolute Gasteiger partial charge is 0.494 e. The number of hydrogen-bond donors (Lipinski definition) is 1. The summed E-state index contributed by atoms with van der Waals surface area (Å²) in [6, 6.07) is 22.3. The second-order valence-corrected chi connectivity index (χ2v) is 14.0. The van der Waals surface area contributed by atoms with E-state index in [9.17, 15) is 19.5 Å². The molecule has 53 heavy (non-hydrogen) atoms. The molecule has 1 saturated heterocycles. The van der Waals surface area contributed by atoms with Gasteiger partial charge in [0.25, 0.3) is 0 Å². The number of Topliss-reactive ketones (excluding diaryl/α,β-unsaturated/α-hetero) is 1. The highest BCUT2D eigenvalue weighted by atomic mass is 16.5. The third kappa shape index (κ3) is 11.7. The molecular weight excluding hydrogens is 666 g/mol. The van der Waals surface area contributed by atoms with E-state index in [4.69, 9.17) is 9.47 Å². The van der Waals surface area contributed by atoms with Gasteiger partial charge in [0.2, 0.25) is 5.91 Å².